The molecule has 0 N–H and O–H groups in total. The molecule has 2 aromatic heterocycles. The first kappa shape index (κ1) is 10.8. The molecule has 0 aliphatic heterocycles. The Balaban J connectivity index is 2.58. The fourth-order valence-electron chi connectivity index (χ4n) is 1.99. The molecule has 0 aliphatic carbocycles. The molecule has 86 valence electrons. The molecule has 0 saturated heterocycles. The maximum atomic E-state index is 6.16. The van der Waals surface area contributed by atoms with Crippen LogP contribution >= 0.6 is 23.2 Å². The van der Waals surface area contributed by atoms with E-state index in [0.29, 0.717) is 16.7 Å². The predicted molar refractivity (Wildman–Crippen MR) is 69.8 cm³/mol. The Labute approximate surface area is 108 Å². The van der Waals surface area contributed by atoms with Gasteiger partial charge < -0.3 is 0 Å². The van der Waals surface area contributed by atoms with E-state index in [1.165, 1.54) is 0 Å². The van der Waals surface area contributed by atoms with Crippen molar-refractivity contribution in [1.82, 2.24) is 14.6 Å². The highest BCUT2D eigenvalue weighted by Gasteiger charge is 2.11. The number of hydrogen-bond donors (Lipinski definition) is 0. The average Bonchev–Trinajstić information content (AvgIpc) is 2.70. The van der Waals surface area contributed by atoms with E-state index in [0.717, 1.165) is 22.1 Å². The lowest BCUT2D eigenvalue weighted by molar-refractivity contribution is 0.850. The number of halogens is 2. The van der Waals surface area contributed by atoms with Crippen molar-refractivity contribution in [2.75, 3.05) is 0 Å². The summed E-state index contributed by atoms with van der Waals surface area (Å²) in [6.07, 6.45) is 0. The summed E-state index contributed by atoms with van der Waals surface area (Å²) in [5.41, 5.74) is 2.70. The number of para-hydroxylation sites is 1. The van der Waals surface area contributed by atoms with Gasteiger partial charge in [0, 0.05) is 5.39 Å². The minimum atomic E-state index is 0.304. The van der Waals surface area contributed by atoms with Gasteiger partial charge in [0.15, 0.2) is 0 Å². The van der Waals surface area contributed by atoms with Crippen LogP contribution in [-0.4, -0.2) is 14.6 Å². The molecule has 0 aliphatic rings. The number of hydrogen-bond acceptors (Lipinski definition) is 2. The van der Waals surface area contributed by atoms with Gasteiger partial charge in [-0.1, -0.05) is 23.7 Å². The van der Waals surface area contributed by atoms with Crippen LogP contribution < -0.4 is 0 Å². The molecule has 3 aromatic rings. The number of fused-ring (bicyclic) bond motifs is 3. The van der Waals surface area contributed by atoms with E-state index in [1.54, 1.807) is 4.52 Å². The third-order valence-corrected chi connectivity index (χ3v) is 3.24. The van der Waals surface area contributed by atoms with E-state index in [-0.39, 0.29) is 0 Å². The fourth-order valence-corrected chi connectivity index (χ4v) is 2.38. The molecule has 5 heteroatoms. The Morgan fingerprint density at radius 1 is 1.35 bits per heavy atom. The van der Waals surface area contributed by atoms with Crippen molar-refractivity contribution < 1.29 is 0 Å². The normalized spacial score (nSPS) is 11.5. The van der Waals surface area contributed by atoms with E-state index in [1.807, 2.05) is 31.2 Å². The van der Waals surface area contributed by atoms with Gasteiger partial charge in [-0.3, -0.25) is 0 Å². The van der Waals surface area contributed by atoms with Crippen molar-refractivity contribution in [3.05, 3.63) is 40.8 Å². The first-order chi connectivity index (χ1) is 8.20. The molecular formula is C12H9Cl2N3. The zero-order valence-corrected chi connectivity index (χ0v) is 10.6. The van der Waals surface area contributed by atoms with Crippen LogP contribution in [0.2, 0.25) is 5.02 Å². The molecule has 0 bridgehead atoms. The lowest BCUT2D eigenvalue weighted by Crippen LogP contribution is -2.01. The molecule has 0 saturated carbocycles. The van der Waals surface area contributed by atoms with Gasteiger partial charge in [0.2, 0.25) is 0 Å². The maximum Gasteiger partial charge on any atom is 0.146 e. The number of aromatic nitrogens is 3. The topological polar surface area (TPSA) is 30.2 Å². The van der Waals surface area contributed by atoms with Gasteiger partial charge in [-0.05, 0) is 19.1 Å². The largest absolute Gasteiger partial charge is 0.230 e. The summed E-state index contributed by atoms with van der Waals surface area (Å²) in [7, 11) is 0. The van der Waals surface area contributed by atoms with Crippen LogP contribution in [0.3, 0.4) is 0 Å². The molecular weight excluding hydrogens is 257 g/mol. The first-order valence-corrected chi connectivity index (χ1v) is 6.11. The number of nitrogens with zero attached hydrogens (tertiary/aromatic N) is 3. The molecule has 0 unspecified atom stereocenters. The lowest BCUT2D eigenvalue weighted by Gasteiger charge is -2.05. The minimum absolute atomic E-state index is 0.304. The Kier molecular flexibility index (Phi) is 2.45. The van der Waals surface area contributed by atoms with Crippen LogP contribution in [0.4, 0.5) is 0 Å². The summed E-state index contributed by atoms with van der Waals surface area (Å²) in [5, 5.41) is 6.02. The molecule has 0 radical (unpaired) electrons. The highest BCUT2D eigenvalue weighted by Crippen LogP contribution is 2.26. The second-order valence-corrected chi connectivity index (χ2v) is 4.55. The van der Waals surface area contributed by atoms with Crippen LogP contribution in [0.25, 0.3) is 16.4 Å². The second-order valence-electron chi connectivity index (χ2n) is 3.88. The zero-order chi connectivity index (χ0) is 12.0. The summed E-state index contributed by atoms with van der Waals surface area (Å²) in [6, 6.07) is 7.74. The van der Waals surface area contributed by atoms with Crippen molar-refractivity contribution in [2.45, 2.75) is 12.8 Å². The Bertz CT molecular complexity index is 718. The van der Waals surface area contributed by atoms with E-state index in [4.69, 9.17) is 23.2 Å². The fraction of sp³-hybridized carbons (Fsp3) is 0.167. The summed E-state index contributed by atoms with van der Waals surface area (Å²) < 4.78 is 1.78. The molecule has 3 rings (SSSR count). The van der Waals surface area contributed by atoms with Crippen molar-refractivity contribution in [1.29, 1.82) is 0 Å². The lowest BCUT2D eigenvalue weighted by atomic mass is 10.2. The van der Waals surface area contributed by atoms with Gasteiger partial charge in [-0.25, -0.2) is 9.50 Å². The Hall–Kier alpha value is -1.32. The molecule has 0 spiro atoms. The third-order valence-electron chi connectivity index (χ3n) is 2.70. The highest BCUT2D eigenvalue weighted by molar-refractivity contribution is 6.35. The SMILES string of the molecule is Cc1cc2c3cccc(Cl)c3nc(CCl)n2n1. The highest BCUT2D eigenvalue weighted by atomic mass is 35.5. The van der Waals surface area contributed by atoms with Crippen LogP contribution in [-0.2, 0) is 5.88 Å². The van der Waals surface area contributed by atoms with Gasteiger partial charge >= 0.3 is 0 Å². The average molecular weight is 266 g/mol. The third kappa shape index (κ3) is 1.58. The quantitative estimate of drug-likeness (QED) is 0.630. The molecule has 3 nitrogen and oxygen atoms in total. The number of alkyl halides is 1. The summed E-state index contributed by atoms with van der Waals surface area (Å²) in [5.74, 6) is 1.01. The van der Waals surface area contributed by atoms with Gasteiger partial charge in [0.1, 0.15) is 5.82 Å². The van der Waals surface area contributed by atoms with Crippen LogP contribution in [0.5, 0.6) is 0 Å². The first-order valence-electron chi connectivity index (χ1n) is 5.20. The second kappa shape index (κ2) is 3.86. The molecule has 0 fully saturated rings. The van der Waals surface area contributed by atoms with Crippen molar-refractivity contribution >= 4 is 39.6 Å². The molecule has 17 heavy (non-hydrogen) atoms. The van der Waals surface area contributed by atoms with Gasteiger partial charge in [0.25, 0.3) is 0 Å². The standard InChI is InChI=1S/C12H9Cl2N3/c1-7-5-10-8-3-2-4-9(14)12(8)15-11(6-13)17(10)16-7/h2-5H,6H2,1H3. The van der Waals surface area contributed by atoms with Crippen molar-refractivity contribution in [2.24, 2.45) is 0 Å². The smallest absolute Gasteiger partial charge is 0.146 e. The van der Waals surface area contributed by atoms with Gasteiger partial charge in [-0.2, -0.15) is 5.10 Å². The summed E-state index contributed by atoms with van der Waals surface area (Å²) in [4.78, 5) is 4.47. The van der Waals surface area contributed by atoms with Gasteiger partial charge in [0.05, 0.1) is 27.6 Å². The van der Waals surface area contributed by atoms with Crippen molar-refractivity contribution in [3.63, 3.8) is 0 Å². The minimum Gasteiger partial charge on any atom is -0.230 e. The maximum absolute atomic E-state index is 6.16. The number of aryl methyl sites for hydroxylation is 1. The van der Waals surface area contributed by atoms with Crippen LogP contribution in [0, 0.1) is 6.92 Å². The monoisotopic (exact) mass is 265 g/mol. The number of rotatable bonds is 1. The molecule has 0 amide bonds. The van der Waals surface area contributed by atoms with Crippen molar-refractivity contribution in [3.8, 4) is 0 Å². The summed E-state index contributed by atoms with van der Waals surface area (Å²) >= 11 is 12.1. The zero-order valence-electron chi connectivity index (χ0n) is 9.11. The molecule has 0 atom stereocenters. The Morgan fingerprint density at radius 3 is 2.94 bits per heavy atom. The van der Waals surface area contributed by atoms with Crippen LogP contribution in [0.1, 0.15) is 11.5 Å². The van der Waals surface area contributed by atoms with E-state index in [9.17, 15) is 0 Å². The van der Waals surface area contributed by atoms with Crippen LogP contribution in [0.15, 0.2) is 24.3 Å². The molecule has 1 aromatic carbocycles. The van der Waals surface area contributed by atoms with E-state index in [2.05, 4.69) is 10.1 Å². The summed E-state index contributed by atoms with van der Waals surface area (Å²) in [6.45, 7) is 1.95. The van der Waals surface area contributed by atoms with Gasteiger partial charge in [-0.15, -0.1) is 11.6 Å². The van der Waals surface area contributed by atoms with E-state index >= 15 is 0 Å². The number of benzene rings is 1. The predicted octanol–water partition coefficient (Wildman–Crippen LogP) is 3.58. The van der Waals surface area contributed by atoms with E-state index < -0.39 is 0 Å². The molecule has 2 heterocycles. The Morgan fingerprint density at radius 2 is 2.18 bits per heavy atom.